The third-order valence-electron chi connectivity index (χ3n) is 1.77. The highest BCUT2D eigenvalue weighted by Crippen LogP contribution is 2.22. The molecule has 0 spiro atoms. The Balaban J connectivity index is 2.85. The molecule has 0 saturated carbocycles. The van der Waals surface area contributed by atoms with E-state index in [0.717, 1.165) is 11.8 Å². The van der Waals surface area contributed by atoms with Crippen LogP contribution in [0.1, 0.15) is 5.56 Å². The lowest BCUT2D eigenvalue weighted by molar-refractivity contribution is 0.409. The first-order valence-corrected chi connectivity index (χ1v) is 6.46. The van der Waals surface area contributed by atoms with Crippen LogP contribution in [0.4, 0.5) is 0 Å². The van der Waals surface area contributed by atoms with Crippen LogP contribution in [0.2, 0.25) is 5.02 Å². The number of methoxy groups -OCH3 is 1. The van der Waals surface area contributed by atoms with Gasteiger partial charge < -0.3 is 4.74 Å². The molecule has 84 valence electrons. The van der Waals surface area contributed by atoms with E-state index in [1.165, 1.54) is 7.11 Å². The van der Waals surface area contributed by atoms with Crippen molar-refractivity contribution in [3.8, 4) is 5.75 Å². The number of halogens is 1. The molecule has 1 aromatic rings. The molecule has 0 unspecified atom stereocenters. The number of nitrogens with one attached hydrogen (secondary N) is 1. The molecule has 0 saturated heterocycles. The summed E-state index contributed by atoms with van der Waals surface area (Å²) in [4.78, 5) is 0. The maximum Gasteiger partial charge on any atom is 0.209 e. The first-order valence-electron chi connectivity index (χ1n) is 4.19. The third kappa shape index (κ3) is 4.07. The summed E-state index contributed by atoms with van der Waals surface area (Å²) >= 11 is 5.77. The Kier molecular flexibility index (Phi) is 3.96. The van der Waals surface area contributed by atoms with Crippen LogP contribution in [0.15, 0.2) is 18.2 Å². The summed E-state index contributed by atoms with van der Waals surface area (Å²) in [5, 5.41) is 0.551. The molecule has 1 rings (SSSR count). The highest BCUT2D eigenvalue weighted by Gasteiger charge is 2.06. The molecule has 0 amide bonds. The quantitative estimate of drug-likeness (QED) is 0.878. The second-order valence-electron chi connectivity index (χ2n) is 3.05. The summed E-state index contributed by atoms with van der Waals surface area (Å²) in [5.41, 5.74) is 0.743. The lowest BCUT2D eigenvalue weighted by Crippen LogP contribution is -2.21. The Morgan fingerprint density at radius 3 is 2.67 bits per heavy atom. The van der Waals surface area contributed by atoms with Crippen molar-refractivity contribution >= 4 is 21.6 Å². The minimum Gasteiger partial charge on any atom is -0.496 e. The highest BCUT2D eigenvalue weighted by atomic mass is 35.5. The molecule has 1 aromatic carbocycles. The van der Waals surface area contributed by atoms with Gasteiger partial charge >= 0.3 is 0 Å². The second-order valence-corrected chi connectivity index (χ2v) is 5.32. The number of benzene rings is 1. The monoisotopic (exact) mass is 249 g/mol. The molecular weight excluding hydrogens is 238 g/mol. The smallest absolute Gasteiger partial charge is 0.209 e. The van der Waals surface area contributed by atoms with Crippen LogP contribution in [-0.4, -0.2) is 21.8 Å². The van der Waals surface area contributed by atoms with E-state index in [0.29, 0.717) is 10.8 Å². The molecule has 15 heavy (non-hydrogen) atoms. The molecule has 0 atom stereocenters. The van der Waals surface area contributed by atoms with Crippen molar-refractivity contribution in [2.75, 3.05) is 13.4 Å². The van der Waals surface area contributed by atoms with Crippen LogP contribution < -0.4 is 9.46 Å². The zero-order valence-electron chi connectivity index (χ0n) is 8.45. The first kappa shape index (κ1) is 12.3. The Bertz CT molecular complexity index is 445. The van der Waals surface area contributed by atoms with Gasteiger partial charge in [0.2, 0.25) is 10.0 Å². The summed E-state index contributed by atoms with van der Waals surface area (Å²) in [6.45, 7) is 0.194. The average molecular weight is 250 g/mol. The summed E-state index contributed by atoms with van der Waals surface area (Å²) in [5.74, 6) is 0.568. The van der Waals surface area contributed by atoms with Gasteiger partial charge in [-0.2, -0.15) is 0 Å². The SMILES string of the molecule is COc1cc(Cl)ccc1CNS(C)(=O)=O. The lowest BCUT2D eigenvalue weighted by Gasteiger charge is -2.08. The van der Waals surface area contributed by atoms with Crippen molar-refractivity contribution in [1.29, 1.82) is 0 Å². The second kappa shape index (κ2) is 4.83. The molecule has 0 fully saturated rings. The van der Waals surface area contributed by atoms with Crippen molar-refractivity contribution in [3.05, 3.63) is 28.8 Å². The normalized spacial score (nSPS) is 11.4. The van der Waals surface area contributed by atoms with E-state index in [1.807, 2.05) is 0 Å². The summed E-state index contributed by atoms with van der Waals surface area (Å²) < 4.78 is 29.2. The van der Waals surface area contributed by atoms with Gasteiger partial charge in [0.15, 0.2) is 0 Å². The predicted molar refractivity (Wildman–Crippen MR) is 59.7 cm³/mol. The van der Waals surface area contributed by atoms with Gasteiger partial charge in [0.25, 0.3) is 0 Å². The summed E-state index contributed by atoms with van der Waals surface area (Å²) in [6.07, 6.45) is 1.11. The molecule has 0 aromatic heterocycles. The van der Waals surface area contributed by atoms with Gasteiger partial charge in [-0.3, -0.25) is 0 Å². The predicted octanol–water partition coefficient (Wildman–Crippen LogP) is 1.40. The number of hydrogen-bond acceptors (Lipinski definition) is 3. The van der Waals surface area contributed by atoms with E-state index in [2.05, 4.69) is 4.72 Å². The van der Waals surface area contributed by atoms with Crippen LogP contribution >= 0.6 is 11.6 Å². The Morgan fingerprint density at radius 1 is 1.47 bits per heavy atom. The largest absolute Gasteiger partial charge is 0.496 e. The van der Waals surface area contributed by atoms with Crippen LogP contribution in [0, 0.1) is 0 Å². The van der Waals surface area contributed by atoms with Crippen molar-refractivity contribution in [2.45, 2.75) is 6.54 Å². The van der Waals surface area contributed by atoms with Gasteiger partial charge in [-0.1, -0.05) is 17.7 Å². The van der Waals surface area contributed by atoms with Crippen molar-refractivity contribution in [1.82, 2.24) is 4.72 Å². The third-order valence-corrected chi connectivity index (χ3v) is 2.68. The van der Waals surface area contributed by atoms with Crippen molar-refractivity contribution in [2.24, 2.45) is 0 Å². The maximum atomic E-state index is 10.9. The van der Waals surface area contributed by atoms with Crippen molar-refractivity contribution < 1.29 is 13.2 Å². The van der Waals surface area contributed by atoms with Crippen LogP contribution in [0.25, 0.3) is 0 Å². The molecule has 1 N–H and O–H groups in total. The van der Waals surface area contributed by atoms with E-state index < -0.39 is 10.0 Å². The van der Waals surface area contributed by atoms with E-state index >= 15 is 0 Å². The Labute approximate surface area is 94.3 Å². The Hall–Kier alpha value is -0.780. The molecule has 0 radical (unpaired) electrons. The fourth-order valence-corrected chi connectivity index (χ4v) is 1.65. The van der Waals surface area contributed by atoms with Crippen LogP contribution in [0.5, 0.6) is 5.75 Å². The molecule has 0 aliphatic carbocycles. The number of ether oxygens (including phenoxy) is 1. The number of sulfonamides is 1. The fourth-order valence-electron chi connectivity index (χ4n) is 1.07. The van der Waals surface area contributed by atoms with E-state index in [-0.39, 0.29) is 6.54 Å². The molecule has 0 heterocycles. The number of rotatable bonds is 4. The van der Waals surface area contributed by atoms with E-state index in [1.54, 1.807) is 18.2 Å². The molecule has 0 aliphatic heterocycles. The molecule has 0 bridgehead atoms. The summed E-state index contributed by atoms with van der Waals surface area (Å²) in [7, 11) is -1.69. The van der Waals surface area contributed by atoms with Crippen molar-refractivity contribution in [3.63, 3.8) is 0 Å². The topological polar surface area (TPSA) is 55.4 Å². The zero-order valence-corrected chi connectivity index (χ0v) is 10.0. The van der Waals surface area contributed by atoms with Crippen LogP contribution in [-0.2, 0) is 16.6 Å². The minimum atomic E-state index is -3.20. The molecular formula is C9H12ClNO3S. The standard InChI is InChI=1S/C9H12ClNO3S/c1-14-9-5-8(10)4-3-7(9)6-11-15(2,12)13/h3-5,11H,6H2,1-2H3. The van der Waals surface area contributed by atoms with Crippen LogP contribution in [0.3, 0.4) is 0 Å². The van der Waals surface area contributed by atoms with E-state index in [9.17, 15) is 8.42 Å². The Morgan fingerprint density at radius 2 is 2.13 bits per heavy atom. The van der Waals surface area contributed by atoms with Gasteiger partial charge in [-0.05, 0) is 12.1 Å². The van der Waals surface area contributed by atoms with Gasteiger partial charge in [0.05, 0.1) is 13.4 Å². The van der Waals surface area contributed by atoms with Gasteiger partial charge in [0, 0.05) is 17.1 Å². The average Bonchev–Trinajstić information content (AvgIpc) is 2.14. The fraction of sp³-hybridized carbons (Fsp3) is 0.333. The number of hydrogen-bond donors (Lipinski definition) is 1. The summed E-state index contributed by atoms with van der Waals surface area (Å²) in [6, 6.07) is 5.05. The molecule has 0 aliphatic rings. The van der Waals surface area contributed by atoms with Gasteiger partial charge in [-0.25, -0.2) is 13.1 Å². The molecule has 4 nitrogen and oxygen atoms in total. The van der Waals surface area contributed by atoms with Gasteiger partial charge in [-0.15, -0.1) is 0 Å². The minimum absolute atomic E-state index is 0.194. The highest BCUT2D eigenvalue weighted by molar-refractivity contribution is 7.88. The van der Waals surface area contributed by atoms with E-state index in [4.69, 9.17) is 16.3 Å². The zero-order chi connectivity index (χ0) is 11.5. The van der Waals surface area contributed by atoms with Gasteiger partial charge in [0.1, 0.15) is 5.75 Å². The molecule has 6 heteroatoms. The maximum absolute atomic E-state index is 10.9. The first-order chi connectivity index (χ1) is 6.92. The lowest BCUT2D eigenvalue weighted by atomic mass is 10.2.